The number of aliphatic hydroxyl groups is 1. The second-order valence-corrected chi connectivity index (χ2v) is 5.98. The number of nitrogens with zero attached hydrogens (tertiary/aromatic N) is 1. The molecule has 1 saturated heterocycles. The maximum atomic E-state index is 13.0. The van der Waals surface area contributed by atoms with Crippen LogP contribution in [0.1, 0.15) is 20.8 Å². The number of β-amino-alcohol motifs (C(OH)–C–C–N with tert-alkyl or cyclic N) is 1. The summed E-state index contributed by atoms with van der Waals surface area (Å²) in [6, 6.07) is 6.44. The number of hydrogen-bond donors (Lipinski definition) is 2. The van der Waals surface area contributed by atoms with Crippen molar-refractivity contribution in [2.75, 3.05) is 24.5 Å². The summed E-state index contributed by atoms with van der Waals surface area (Å²) in [5, 5.41) is 13.6. The van der Waals surface area contributed by atoms with Crippen molar-refractivity contribution in [1.82, 2.24) is 5.32 Å². The van der Waals surface area contributed by atoms with E-state index in [-0.39, 0.29) is 11.4 Å². The summed E-state index contributed by atoms with van der Waals surface area (Å²) in [5.41, 5.74) is 0.0193. The van der Waals surface area contributed by atoms with Gasteiger partial charge in [-0.05, 0) is 45.0 Å². The Kier molecular flexibility index (Phi) is 3.34. The number of halogens is 1. The Hall–Kier alpha value is -1.13. The highest BCUT2D eigenvalue weighted by atomic mass is 19.1. The molecule has 0 spiro atoms. The van der Waals surface area contributed by atoms with Crippen LogP contribution in [0.3, 0.4) is 0 Å². The van der Waals surface area contributed by atoms with E-state index in [1.807, 2.05) is 6.92 Å². The molecule has 2 N–H and O–H groups in total. The lowest BCUT2D eigenvalue weighted by Crippen LogP contribution is -2.51. The van der Waals surface area contributed by atoms with Crippen LogP contribution in [-0.4, -0.2) is 35.9 Å². The lowest BCUT2D eigenvalue weighted by atomic mass is 10.00. The van der Waals surface area contributed by atoms with E-state index in [9.17, 15) is 9.50 Å². The van der Waals surface area contributed by atoms with Crippen molar-refractivity contribution in [1.29, 1.82) is 0 Å². The van der Waals surface area contributed by atoms with Gasteiger partial charge in [0.1, 0.15) is 5.82 Å². The first-order valence-corrected chi connectivity index (χ1v) is 6.27. The van der Waals surface area contributed by atoms with Gasteiger partial charge in [-0.2, -0.15) is 0 Å². The van der Waals surface area contributed by atoms with Crippen molar-refractivity contribution in [3.8, 4) is 0 Å². The summed E-state index contributed by atoms with van der Waals surface area (Å²) in [4.78, 5) is 2.13. The monoisotopic (exact) mass is 252 g/mol. The summed E-state index contributed by atoms with van der Waals surface area (Å²) >= 11 is 0. The molecule has 1 atom stereocenters. The van der Waals surface area contributed by atoms with Crippen molar-refractivity contribution in [3.05, 3.63) is 30.1 Å². The summed E-state index contributed by atoms with van der Waals surface area (Å²) in [6.45, 7) is 7.92. The SMILES string of the molecule is CC1(O)CNCC(C)(C)N(c2ccc(F)cc2)C1. The Morgan fingerprint density at radius 3 is 2.39 bits per heavy atom. The first-order chi connectivity index (χ1) is 8.30. The molecular formula is C14H21FN2O. The Balaban J connectivity index is 2.34. The standard InChI is InChI=1S/C14H21FN2O/c1-13(2)8-16-9-14(3,18)10-17(13)12-6-4-11(15)5-7-12/h4-7,16,18H,8-10H2,1-3H3. The number of nitrogens with one attached hydrogen (secondary N) is 1. The van der Waals surface area contributed by atoms with E-state index in [0.29, 0.717) is 13.1 Å². The zero-order valence-corrected chi connectivity index (χ0v) is 11.2. The van der Waals surface area contributed by atoms with Gasteiger partial charge in [-0.25, -0.2) is 4.39 Å². The van der Waals surface area contributed by atoms with Gasteiger partial charge in [-0.3, -0.25) is 0 Å². The fourth-order valence-electron chi connectivity index (χ4n) is 2.41. The van der Waals surface area contributed by atoms with Gasteiger partial charge in [-0.15, -0.1) is 0 Å². The van der Waals surface area contributed by atoms with E-state index in [2.05, 4.69) is 24.1 Å². The molecule has 18 heavy (non-hydrogen) atoms. The van der Waals surface area contributed by atoms with Crippen molar-refractivity contribution in [2.24, 2.45) is 0 Å². The van der Waals surface area contributed by atoms with E-state index < -0.39 is 5.60 Å². The Morgan fingerprint density at radius 2 is 1.78 bits per heavy atom. The topological polar surface area (TPSA) is 35.5 Å². The van der Waals surface area contributed by atoms with Crippen molar-refractivity contribution in [2.45, 2.75) is 31.9 Å². The minimum absolute atomic E-state index is 0.127. The third-order valence-electron chi connectivity index (χ3n) is 3.43. The minimum atomic E-state index is -0.790. The van der Waals surface area contributed by atoms with Crippen LogP contribution >= 0.6 is 0 Å². The molecule has 0 aliphatic carbocycles. The van der Waals surface area contributed by atoms with Gasteiger partial charge in [0.05, 0.1) is 5.60 Å². The van der Waals surface area contributed by atoms with Gasteiger partial charge in [0.15, 0.2) is 0 Å². The van der Waals surface area contributed by atoms with Crippen molar-refractivity contribution in [3.63, 3.8) is 0 Å². The fraction of sp³-hybridized carbons (Fsp3) is 0.571. The van der Waals surface area contributed by atoms with Crippen LogP contribution in [0.25, 0.3) is 0 Å². The molecule has 2 rings (SSSR count). The number of rotatable bonds is 1. The molecule has 1 aliphatic heterocycles. The molecule has 0 radical (unpaired) electrons. The zero-order valence-electron chi connectivity index (χ0n) is 11.2. The van der Waals surface area contributed by atoms with Crippen LogP contribution in [0.2, 0.25) is 0 Å². The first-order valence-electron chi connectivity index (χ1n) is 6.27. The molecule has 1 aromatic rings. The van der Waals surface area contributed by atoms with Crippen LogP contribution in [0, 0.1) is 5.82 Å². The Bertz CT molecular complexity index is 414. The summed E-state index contributed by atoms with van der Waals surface area (Å²) in [5.74, 6) is -0.240. The maximum Gasteiger partial charge on any atom is 0.123 e. The van der Waals surface area contributed by atoms with E-state index >= 15 is 0 Å². The molecule has 3 nitrogen and oxygen atoms in total. The van der Waals surface area contributed by atoms with E-state index in [1.54, 1.807) is 12.1 Å². The molecule has 1 aliphatic rings. The molecule has 0 saturated carbocycles. The highest BCUT2D eigenvalue weighted by Crippen LogP contribution is 2.28. The second-order valence-electron chi connectivity index (χ2n) is 5.98. The first kappa shape index (κ1) is 13.3. The predicted octanol–water partition coefficient (Wildman–Crippen LogP) is 1.76. The second kappa shape index (κ2) is 4.52. The van der Waals surface area contributed by atoms with Crippen LogP contribution in [-0.2, 0) is 0 Å². The minimum Gasteiger partial charge on any atom is -0.387 e. The smallest absolute Gasteiger partial charge is 0.123 e. The highest BCUT2D eigenvalue weighted by molar-refractivity contribution is 5.49. The maximum absolute atomic E-state index is 13.0. The third kappa shape index (κ3) is 2.82. The van der Waals surface area contributed by atoms with Gasteiger partial charge >= 0.3 is 0 Å². The molecule has 1 aromatic carbocycles. The molecule has 0 amide bonds. The van der Waals surface area contributed by atoms with Gasteiger partial charge in [0.2, 0.25) is 0 Å². The average molecular weight is 252 g/mol. The molecule has 0 aromatic heterocycles. The normalized spacial score (nSPS) is 27.9. The van der Waals surface area contributed by atoms with Gasteiger partial charge in [0, 0.05) is 30.9 Å². The number of anilines is 1. The number of hydrogen-bond acceptors (Lipinski definition) is 3. The quantitative estimate of drug-likeness (QED) is 0.799. The Morgan fingerprint density at radius 1 is 1.17 bits per heavy atom. The largest absolute Gasteiger partial charge is 0.387 e. The van der Waals surface area contributed by atoms with Gasteiger partial charge in [-0.1, -0.05) is 0 Å². The summed E-state index contributed by atoms with van der Waals surface area (Å²) < 4.78 is 13.0. The molecule has 0 bridgehead atoms. The number of benzene rings is 1. The zero-order chi connectivity index (χ0) is 13.4. The van der Waals surface area contributed by atoms with Crippen LogP contribution in [0.15, 0.2) is 24.3 Å². The molecule has 100 valence electrons. The lowest BCUT2D eigenvalue weighted by Gasteiger charge is -2.40. The van der Waals surface area contributed by atoms with Crippen LogP contribution in [0.4, 0.5) is 10.1 Å². The molecule has 1 fully saturated rings. The molecular weight excluding hydrogens is 231 g/mol. The van der Waals surface area contributed by atoms with Crippen LogP contribution < -0.4 is 10.2 Å². The third-order valence-corrected chi connectivity index (χ3v) is 3.43. The molecule has 4 heteroatoms. The van der Waals surface area contributed by atoms with E-state index in [0.717, 1.165) is 12.2 Å². The highest BCUT2D eigenvalue weighted by Gasteiger charge is 2.36. The fourth-order valence-corrected chi connectivity index (χ4v) is 2.41. The van der Waals surface area contributed by atoms with Crippen LogP contribution in [0.5, 0.6) is 0 Å². The summed E-state index contributed by atoms with van der Waals surface area (Å²) in [6.07, 6.45) is 0. The van der Waals surface area contributed by atoms with E-state index in [4.69, 9.17) is 0 Å². The Labute approximate surface area is 108 Å². The summed E-state index contributed by atoms with van der Waals surface area (Å²) in [7, 11) is 0. The van der Waals surface area contributed by atoms with E-state index in [1.165, 1.54) is 12.1 Å². The molecule has 1 heterocycles. The predicted molar refractivity (Wildman–Crippen MR) is 71.3 cm³/mol. The van der Waals surface area contributed by atoms with Gasteiger partial charge in [0.25, 0.3) is 0 Å². The van der Waals surface area contributed by atoms with Crippen molar-refractivity contribution >= 4 is 5.69 Å². The van der Waals surface area contributed by atoms with Gasteiger partial charge < -0.3 is 15.3 Å². The average Bonchev–Trinajstić information content (AvgIpc) is 2.36. The molecule has 1 unspecified atom stereocenters. The lowest BCUT2D eigenvalue weighted by molar-refractivity contribution is 0.0720. The van der Waals surface area contributed by atoms with Crippen molar-refractivity contribution < 1.29 is 9.50 Å².